The van der Waals surface area contributed by atoms with Crippen LogP contribution in [0.5, 0.6) is 0 Å². The van der Waals surface area contributed by atoms with Crippen LogP contribution in [-0.2, 0) is 4.79 Å². The second-order valence-corrected chi connectivity index (χ2v) is 5.99. The first-order valence-electron chi connectivity index (χ1n) is 7.32. The SMILES string of the molecule is CC(NC(=O)c1ccoc1)C(=O)NCC1(C)CCNCC1. The number of furan rings is 1. The van der Waals surface area contributed by atoms with Crippen LogP contribution in [-0.4, -0.2) is 37.5 Å². The van der Waals surface area contributed by atoms with Gasteiger partial charge in [-0.3, -0.25) is 9.59 Å². The van der Waals surface area contributed by atoms with Crippen LogP contribution < -0.4 is 16.0 Å². The summed E-state index contributed by atoms with van der Waals surface area (Å²) in [5.74, 6) is -0.467. The molecular weight excluding hydrogens is 270 g/mol. The number of hydrogen-bond acceptors (Lipinski definition) is 4. The number of rotatable bonds is 5. The number of carbonyl (C=O) groups excluding carboxylic acids is 2. The van der Waals surface area contributed by atoms with Gasteiger partial charge in [0.25, 0.3) is 5.91 Å². The average molecular weight is 293 g/mol. The van der Waals surface area contributed by atoms with Crippen molar-refractivity contribution in [3.63, 3.8) is 0 Å². The molecule has 0 bridgehead atoms. The molecule has 116 valence electrons. The van der Waals surface area contributed by atoms with Crippen molar-refractivity contribution in [2.24, 2.45) is 5.41 Å². The molecule has 1 aliphatic rings. The van der Waals surface area contributed by atoms with Crippen molar-refractivity contribution >= 4 is 11.8 Å². The topological polar surface area (TPSA) is 83.4 Å². The number of carbonyl (C=O) groups is 2. The minimum absolute atomic E-state index is 0.134. The molecule has 1 aliphatic heterocycles. The van der Waals surface area contributed by atoms with Crippen molar-refractivity contribution < 1.29 is 14.0 Å². The summed E-state index contributed by atoms with van der Waals surface area (Å²) in [6.07, 6.45) is 4.87. The van der Waals surface area contributed by atoms with E-state index in [1.807, 2.05) is 0 Å². The normalized spacial score (nSPS) is 18.8. The molecule has 1 fully saturated rings. The Kier molecular flexibility index (Phi) is 5.01. The molecule has 0 saturated carbocycles. The van der Waals surface area contributed by atoms with E-state index in [0.717, 1.165) is 25.9 Å². The fourth-order valence-electron chi connectivity index (χ4n) is 2.40. The van der Waals surface area contributed by atoms with Crippen molar-refractivity contribution in [3.8, 4) is 0 Å². The first-order valence-corrected chi connectivity index (χ1v) is 7.32. The Balaban J connectivity index is 1.78. The van der Waals surface area contributed by atoms with Gasteiger partial charge in [0.1, 0.15) is 12.3 Å². The molecule has 2 amide bonds. The van der Waals surface area contributed by atoms with Crippen LogP contribution in [0.15, 0.2) is 23.0 Å². The number of amides is 2. The third kappa shape index (κ3) is 4.32. The van der Waals surface area contributed by atoms with Gasteiger partial charge in [0.05, 0.1) is 11.8 Å². The lowest BCUT2D eigenvalue weighted by atomic mass is 9.81. The lowest BCUT2D eigenvalue weighted by Gasteiger charge is -2.34. The molecule has 0 spiro atoms. The van der Waals surface area contributed by atoms with E-state index in [-0.39, 0.29) is 17.2 Å². The molecule has 0 aliphatic carbocycles. The molecule has 1 saturated heterocycles. The summed E-state index contributed by atoms with van der Waals surface area (Å²) >= 11 is 0. The number of hydrogen-bond donors (Lipinski definition) is 3. The first kappa shape index (κ1) is 15.6. The quantitative estimate of drug-likeness (QED) is 0.753. The zero-order valence-electron chi connectivity index (χ0n) is 12.6. The van der Waals surface area contributed by atoms with Gasteiger partial charge >= 0.3 is 0 Å². The van der Waals surface area contributed by atoms with Crippen molar-refractivity contribution in [3.05, 3.63) is 24.2 Å². The molecule has 1 aromatic rings. The first-order chi connectivity index (χ1) is 10.0. The van der Waals surface area contributed by atoms with Crippen molar-refractivity contribution in [1.29, 1.82) is 0 Å². The Hall–Kier alpha value is -1.82. The Bertz CT molecular complexity index is 478. The highest BCUT2D eigenvalue weighted by atomic mass is 16.3. The summed E-state index contributed by atoms with van der Waals surface area (Å²) in [5, 5.41) is 8.91. The van der Waals surface area contributed by atoms with Gasteiger partial charge in [-0.25, -0.2) is 0 Å². The minimum Gasteiger partial charge on any atom is -0.472 e. The fourth-order valence-corrected chi connectivity index (χ4v) is 2.40. The maximum atomic E-state index is 12.1. The molecule has 0 aromatic carbocycles. The highest BCUT2D eigenvalue weighted by molar-refractivity contribution is 5.97. The summed E-state index contributed by atoms with van der Waals surface area (Å²) in [6.45, 7) is 6.47. The maximum Gasteiger partial charge on any atom is 0.255 e. The monoisotopic (exact) mass is 293 g/mol. The fraction of sp³-hybridized carbons (Fsp3) is 0.600. The lowest BCUT2D eigenvalue weighted by Crippen LogP contribution is -2.49. The summed E-state index contributed by atoms with van der Waals surface area (Å²) in [5.41, 5.74) is 0.551. The molecule has 1 atom stereocenters. The van der Waals surface area contributed by atoms with Crippen LogP contribution in [0, 0.1) is 5.41 Å². The van der Waals surface area contributed by atoms with Gasteiger partial charge in [-0.05, 0) is 44.3 Å². The van der Waals surface area contributed by atoms with Crippen molar-refractivity contribution in [2.45, 2.75) is 32.7 Å². The predicted octanol–water partition coefficient (Wildman–Crippen LogP) is 0.904. The Morgan fingerprint density at radius 1 is 1.43 bits per heavy atom. The van der Waals surface area contributed by atoms with E-state index in [0.29, 0.717) is 12.1 Å². The van der Waals surface area contributed by atoms with E-state index in [1.54, 1.807) is 13.0 Å². The largest absolute Gasteiger partial charge is 0.472 e. The van der Waals surface area contributed by atoms with Gasteiger partial charge in [-0.1, -0.05) is 6.92 Å². The second kappa shape index (κ2) is 6.76. The van der Waals surface area contributed by atoms with Gasteiger partial charge in [0, 0.05) is 6.54 Å². The van der Waals surface area contributed by atoms with E-state index >= 15 is 0 Å². The third-order valence-electron chi connectivity index (χ3n) is 4.02. The summed E-state index contributed by atoms with van der Waals surface area (Å²) < 4.78 is 4.85. The number of nitrogens with one attached hydrogen (secondary N) is 3. The molecule has 2 rings (SSSR count). The van der Waals surface area contributed by atoms with Gasteiger partial charge in [-0.2, -0.15) is 0 Å². The van der Waals surface area contributed by atoms with Crippen molar-refractivity contribution in [1.82, 2.24) is 16.0 Å². The van der Waals surface area contributed by atoms with Crippen LogP contribution in [0.25, 0.3) is 0 Å². The summed E-state index contributed by atoms with van der Waals surface area (Å²) in [4.78, 5) is 23.9. The highest BCUT2D eigenvalue weighted by Crippen LogP contribution is 2.26. The van der Waals surface area contributed by atoms with Crippen LogP contribution >= 0.6 is 0 Å². The Morgan fingerprint density at radius 2 is 2.14 bits per heavy atom. The molecule has 1 unspecified atom stereocenters. The van der Waals surface area contributed by atoms with Crippen LogP contribution in [0.3, 0.4) is 0 Å². The van der Waals surface area contributed by atoms with Gasteiger partial charge in [0.15, 0.2) is 0 Å². The van der Waals surface area contributed by atoms with E-state index in [9.17, 15) is 9.59 Å². The van der Waals surface area contributed by atoms with Crippen LogP contribution in [0.2, 0.25) is 0 Å². The minimum atomic E-state index is -0.572. The molecule has 1 aromatic heterocycles. The number of piperidine rings is 1. The zero-order valence-corrected chi connectivity index (χ0v) is 12.6. The lowest BCUT2D eigenvalue weighted by molar-refractivity contribution is -0.123. The Labute approximate surface area is 124 Å². The molecular formula is C15H23N3O3. The molecule has 6 heteroatoms. The highest BCUT2D eigenvalue weighted by Gasteiger charge is 2.28. The van der Waals surface area contributed by atoms with Gasteiger partial charge < -0.3 is 20.4 Å². The van der Waals surface area contributed by atoms with Crippen molar-refractivity contribution in [2.75, 3.05) is 19.6 Å². The van der Waals surface area contributed by atoms with E-state index in [4.69, 9.17) is 4.42 Å². The van der Waals surface area contributed by atoms with E-state index < -0.39 is 6.04 Å². The van der Waals surface area contributed by atoms with E-state index in [1.165, 1.54) is 12.5 Å². The summed E-state index contributed by atoms with van der Waals surface area (Å²) in [6, 6.07) is 0.994. The smallest absolute Gasteiger partial charge is 0.255 e. The third-order valence-corrected chi connectivity index (χ3v) is 4.02. The molecule has 0 radical (unpaired) electrons. The second-order valence-electron chi connectivity index (χ2n) is 5.99. The Morgan fingerprint density at radius 3 is 2.76 bits per heavy atom. The molecule has 6 nitrogen and oxygen atoms in total. The molecule has 3 N–H and O–H groups in total. The van der Waals surface area contributed by atoms with Gasteiger partial charge in [0.2, 0.25) is 5.91 Å². The molecule has 2 heterocycles. The average Bonchev–Trinajstić information content (AvgIpc) is 3.00. The van der Waals surface area contributed by atoms with Gasteiger partial charge in [-0.15, -0.1) is 0 Å². The zero-order chi connectivity index (χ0) is 15.3. The molecule has 21 heavy (non-hydrogen) atoms. The van der Waals surface area contributed by atoms with Crippen LogP contribution in [0.4, 0.5) is 0 Å². The van der Waals surface area contributed by atoms with E-state index in [2.05, 4.69) is 22.9 Å². The predicted molar refractivity (Wildman–Crippen MR) is 78.9 cm³/mol. The summed E-state index contributed by atoms with van der Waals surface area (Å²) in [7, 11) is 0. The van der Waals surface area contributed by atoms with Crippen LogP contribution in [0.1, 0.15) is 37.0 Å². The standard InChI is InChI=1S/C15H23N3O3/c1-11(18-14(20)12-3-8-21-9-12)13(19)17-10-15(2)4-6-16-7-5-15/h3,8-9,11,16H,4-7,10H2,1-2H3,(H,17,19)(H,18,20). The maximum absolute atomic E-state index is 12.1.